The number of carbonyl (C=O) groups excluding carboxylic acids is 1. The average Bonchev–Trinajstić information content (AvgIpc) is 3.18. The van der Waals surface area contributed by atoms with Gasteiger partial charge < -0.3 is 9.88 Å². The Hall–Kier alpha value is -2.66. The van der Waals surface area contributed by atoms with Gasteiger partial charge in [-0.25, -0.2) is 8.42 Å². The van der Waals surface area contributed by atoms with E-state index in [2.05, 4.69) is 5.32 Å². The number of carbonyl (C=O) groups is 1. The summed E-state index contributed by atoms with van der Waals surface area (Å²) in [4.78, 5) is 23.9. The van der Waals surface area contributed by atoms with E-state index in [1.165, 1.54) is 28.6 Å². The van der Waals surface area contributed by atoms with Crippen molar-refractivity contribution in [2.24, 2.45) is 0 Å². The lowest BCUT2D eigenvalue weighted by molar-refractivity contribution is -0.138. The first-order chi connectivity index (χ1) is 13.6. The molecule has 1 amide bonds. The molecule has 3 rings (SSSR count). The maximum absolute atomic E-state index is 12.8. The summed E-state index contributed by atoms with van der Waals surface area (Å²) in [5, 5.41) is 2.44. The van der Waals surface area contributed by atoms with Gasteiger partial charge in [-0.1, -0.05) is 0 Å². The van der Waals surface area contributed by atoms with E-state index in [1.807, 2.05) is 0 Å². The Bertz CT molecular complexity index is 1060. The number of aromatic nitrogens is 1. The van der Waals surface area contributed by atoms with Gasteiger partial charge in [0, 0.05) is 31.0 Å². The fraction of sp³-hybridized carbons (Fsp3) is 0.333. The normalized spacial score (nSPS) is 15.4. The van der Waals surface area contributed by atoms with Gasteiger partial charge in [0.25, 0.3) is 5.56 Å². The molecule has 2 heterocycles. The number of hydrogen-bond donors (Lipinski definition) is 1. The molecule has 0 bridgehead atoms. The lowest BCUT2D eigenvalue weighted by atomic mass is 10.2. The number of pyridine rings is 1. The topological polar surface area (TPSA) is 88.5 Å². The first-order valence-electron chi connectivity index (χ1n) is 8.75. The van der Waals surface area contributed by atoms with Gasteiger partial charge in [-0.05, 0) is 43.2 Å². The number of nitrogens with zero attached hydrogens (tertiary/aromatic N) is 2. The van der Waals surface area contributed by atoms with E-state index in [9.17, 15) is 31.2 Å². The Morgan fingerprint density at radius 2 is 1.66 bits per heavy atom. The third-order valence-corrected chi connectivity index (χ3v) is 6.38. The van der Waals surface area contributed by atoms with Crippen LogP contribution in [0.25, 0.3) is 0 Å². The van der Waals surface area contributed by atoms with Gasteiger partial charge in [0.2, 0.25) is 15.9 Å². The number of amides is 1. The molecule has 1 aromatic heterocycles. The molecular formula is C18H18F3N3O4S. The third-order valence-electron chi connectivity index (χ3n) is 4.47. The Balaban J connectivity index is 1.69. The van der Waals surface area contributed by atoms with Crippen LogP contribution in [0.5, 0.6) is 0 Å². The van der Waals surface area contributed by atoms with Crippen molar-refractivity contribution >= 4 is 21.6 Å². The van der Waals surface area contributed by atoms with E-state index in [-0.39, 0.29) is 10.6 Å². The minimum atomic E-state index is -4.64. The molecular weight excluding hydrogens is 411 g/mol. The van der Waals surface area contributed by atoms with E-state index in [0.717, 1.165) is 18.9 Å². The molecule has 2 aromatic rings. The molecule has 1 N–H and O–H groups in total. The van der Waals surface area contributed by atoms with E-state index < -0.39 is 39.8 Å². The van der Waals surface area contributed by atoms with Gasteiger partial charge in [-0.15, -0.1) is 0 Å². The summed E-state index contributed by atoms with van der Waals surface area (Å²) in [5.74, 6) is -0.721. The van der Waals surface area contributed by atoms with E-state index in [1.54, 1.807) is 0 Å². The lowest BCUT2D eigenvalue weighted by Crippen LogP contribution is -2.28. The largest absolute Gasteiger partial charge is 0.417 e. The fourth-order valence-corrected chi connectivity index (χ4v) is 4.48. The number of alkyl halides is 3. The van der Waals surface area contributed by atoms with Crippen molar-refractivity contribution in [3.05, 3.63) is 58.5 Å². The van der Waals surface area contributed by atoms with Crippen LogP contribution < -0.4 is 10.9 Å². The monoisotopic (exact) mass is 429 g/mol. The highest BCUT2D eigenvalue weighted by atomic mass is 32.2. The van der Waals surface area contributed by atoms with Crippen molar-refractivity contribution in [2.45, 2.75) is 30.5 Å². The molecule has 0 radical (unpaired) electrons. The SMILES string of the molecule is O=C(Cn1cc(C(F)(F)F)ccc1=O)Nc1ccc(S(=O)(=O)N2CCCC2)cc1. The van der Waals surface area contributed by atoms with Crippen molar-refractivity contribution in [2.75, 3.05) is 18.4 Å². The first kappa shape index (κ1) is 21.1. The number of halogens is 3. The van der Waals surface area contributed by atoms with Crippen molar-refractivity contribution < 1.29 is 26.4 Å². The molecule has 1 aliphatic heterocycles. The Morgan fingerprint density at radius 1 is 1.03 bits per heavy atom. The highest BCUT2D eigenvalue weighted by Crippen LogP contribution is 2.28. The molecule has 1 saturated heterocycles. The molecule has 11 heteroatoms. The molecule has 1 aliphatic rings. The predicted molar refractivity (Wildman–Crippen MR) is 98.8 cm³/mol. The molecule has 1 fully saturated rings. The number of sulfonamides is 1. The molecule has 0 unspecified atom stereocenters. The summed E-state index contributed by atoms with van der Waals surface area (Å²) in [6.45, 7) is 0.315. The second-order valence-electron chi connectivity index (χ2n) is 6.57. The van der Waals surface area contributed by atoms with Crippen LogP contribution in [0, 0.1) is 0 Å². The smallest absolute Gasteiger partial charge is 0.325 e. The van der Waals surface area contributed by atoms with Gasteiger partial charge in [-0.2, -0.15) is 17.5 Å². The first-order valence-corrected chi connectivity index (χ1v) is 10.2. The van der Waals surface area contributed by atoms with Crippen LogP contribution in [0.2, 0.25) is 0 Å². The van der Waals surface area contributed by atoms with E-state index >= 15 is 0 Å². The summed E-state index contributed by atoms with van der Waals surface area (Å²) in [6, 6.07) is 6.86. The molecule has 0 aliphatic carbocycles. The number of rotatable bonds is 5. The zero-order valence-corrected chi connectivity index (χ0v) is 16.0. The minimum Gasteiger partial charge on any atom is -0.325 e. The van der Waals surface area contributed by atoms with Crippen molar-refractivity contribution in [3.63, 3.8) is 0 Å². The average molecular weight is 429 g/mol. The van der Waals surface area contributed by atoms with Crippen LogP contribution in [0.1, 0.15) is 18.4 Å². The highest BCUT2D eigenvalue weighted by molar-refractivity contribution is 7.89. The van der Waals surface area contributed by atoms with Crippen LogP contribution in [-0.4, -0.2) is 36.3 Å². The quantitative estimate of drug-likeness (QED) is 0.790. The van der Waals surface area contributed by atoms with Crippen LogP contribution in [-0.2, 0) is 27.5 Å². The summed E-state index contributed by atoms with van der Waals surface area (Å²) < 4.78 is 65.3. The van der Waals surface area contributed by atoms with Gasteiger partial charge >= 0.3 is 6.18 Å². The maximum atomic E-state index is 12.8. The van der Waals surface area contributed by atoms with E-state index in [4.69, 9.17) is 0 Å². The van der Waals surface area contributed by atoms with Crippen LogP contribution in [0.15, 0.2) is 52.3 Å². The van der Waals surface area contributed by atoms with Gasteiger partial charge in [-0.3, -0.25) is 9.59 Å². The lowest BCUT2D eigenvalue weighted by Gasteiger charge is -2.15. The number of hydrogen-bond acceptors (Lipinski definition) is 4. The summed E-state index contributed by atoms with van der Waals surface area (Å²) in [5.41, 5.74) is -1.53. The van der Waals surface area contributed by atoms with Crippen LogP contribution >= 0.6 is 0 Å². The zero-order chi connectivity index (χ0) is 21.2. The number of nitrogens with one attached hydrogen (secondary N) is 1. The second-order valence-corrected chi connectivity index (χ2v) is 8.50. The molecule has 0 atom stereocenters. The molecule has 1 aromatic carbocycles. The van der Waals surface area contributed by atoms with Gasteiger partial charge in [0.05, 0.1) is 10.5 Å². The molecule has 29 heavy (non-hydrogen) atoms. The number of benzene rings is 1. The van der Waals surface area contributed by atoms with Crippen molar-refractivity contribution in [3.8, 4) is 0 Å². The Kier molecular flexibility index (Phi) is 5.80. The Labute approximate surface area is 164 Å². The number of anilines is 1. The summed E-state index contributed by atoms with van der Waals surface area (Å²) >= 11 is 0. The highest BCUT2D eigenvalue weighted by Gasteiger charge is 2.31. The molecule has 156 valence electrons. The summed E-state index contributed by atoms with van der Waals surface area (Å²) in [6.07, 6.45) is -2.44. The predicted octanol–water partition coefficient (Wildman–Crippen LogP) is 2.29. The van der Waals surface area contributed by atoms with Gasteiger partial charge in [0.1, 0.15) is 6.54 Å². The zero-order valence-electron chi connectivity index (χ0n) is 15.1. The van der Waals surface area contributed by atoms with Crippen molar-refractivity contribution in [1.82, 2.24) is 8.87 Å². The fourth-order valence-electron chi connectivity index (χ4n) is 2.97. The minimum absolute atomic E-state index is 0.0893. The molecule has 0 saturated carbocycles. The maximum Gasteiger partial charge on any atom is 0.417 e. The second kappa shape index (κ2) is 7.99. The van der Waals surface area contributed by atoms with Crippen molar-refractivity contribution in [1.29, 1.82) is 0 Å². The third kappa shape index (κ3) is 4.85. The van der Waals surface area contributed by atoms with Gasteiger partial charge in [0.15, 0.2) is 0 Å². The van der Waals surface area contributed by atoms with E-state index in [0.29, 0.717) is 29.9 Å². The molecule has 7 nitrogen and oxygen atoms in total. The standard InChI is InChI=1S/C18H18F3N3O4S/c19-18(20,21)13-3-8-17(26)23(11-13)12-16(25)22-14-4-6-15(7-5-14)29(27,28)24-9-1-2-10-24/h3-8,11H,1-2,9-10,12H2,(H,22,25). The molecule has 0 spiro atoms. The van der Waals surface area contributed by atoms with Crippen LogP contribution in [0.3, 0.4) is 0 Å². The van der Waals surface area contributed by atoms with Crippen LogP contribution in [0.4, 0.5) is 18.9 Å². The summed E-state index contributed by atoms with van der Waals surface area (Å²) in [7, 11) is -3.59. The Morgan fingerprint density at radius 3 is 2.24 bits per heavy atom.